The van der Waals surface area contributed by atoms with Crippen LogP contribution in [0.1, 0.15) is 17.5 Å². The highest BCUT2D eigenvalue weighted by Crippen LogP contribution is 2.34. The van der Waals surface area contributed by atoms with Crippen LogP contribution in [0.3, 0.4) is 0 Å². The van der Waals surface area contributed by atoms with E-state index in [4.69, 9.17) is 21.1 Å². The molecule has 3 amide bonds. The summed E-state index contributed by atoms with van der Waals surface area (Å²) in [6.45, 7) is 0.0613. The highest BCUT2D eigenvalue weighted by molar-refractivity contribution is 6.33. The Labute approximate surface area is 233 Å². The fourth-order valence-electron chi connectivity index (χ4n) is 4.06. The molecule has 0 aliphatic carbocycles. The molecular weight excluding hydrogens is 551 g/mol. The average Bonchev–Trinajstić information content (AvgIpc) is 3.33. The van der Waals surface area contributed by atoms with Crippen molar-refractivity contribution in [2.75, 3.05) is 30.5 Å². The van der Waals surface area contributed by atoms with Crippen molar-refractivity contribution in [2.45, 2.75) is 19.1 Å². The van der Waals surface area contributed by atoms with E-state index in [2.05, 4.69) is 10.6 Å². The first-order chi connectivity index (χ1) is 19.0. The first-order valence-corrected chi connectivity index (χ1v) is 12.5. The molecule has 1 aliphatic heterocycles. The molecule has 2 N–H and O–H groups in total. The number of carbonyl (C=O) groups excluding carboxylic acids is 3. The second-order valence-electron chi connectivity index (χ2n) is 8.99. The number of carbonyl (C=O) groups is 3. The van der Waals surface area contributed by atoms with Gasteiger partial charge in [0.05, 0.1) is 29.3 Å². The summed E-state index contributed by atoms with van der Waals surface area (Å²) in [4.78, 5) is 39.0. The molecule has 0 spiro atoms. The third kappa shape index (κ3) is 7.23. The summed E-state index contributed by atoms with van der Waals surface area (Å²) in [7, 11) is 1.57. The van der Waals surface area contributed by atoms with Crippen molar-refractivity contribution in [1.29, 1.82) is 0 Å². The minimum atomic E-state index is -4.58. The number of alkyl halides is 3. The molecule has 4 rings (SSSR count). The van der Waals surface area contributed by atoms with Crippen molar-refractivity contribution < 1.29 is 37.0 Å². The summed E-state index contributed by atoms with van der Waals surface area (Å²) < 4.78 is 49.3. The van der Waals surface area contributed by atoms with Crippen LogP contribution in [0, 0.1) is 5.92 Å². The molecule has 210 valence electrons. The topological polar surface area (TPSA) is 97.0 Å². The van der Waals surface area contributed by atoms with Gasteiger partial charge in [-0.1, -0.05) is 23.7 Å². The van der Waals surface area contributed by atoms with E-state index in [0.717, 1.165) is 23.8 Å². The normalized spacial score (nSPS) is 15.1. The van der Waals surface area contributed by atoms with Gasteiger partial charge in [-0.05, 0) is 60.2 Å². The number of rotatable bonds is 9. The smallest absolute Gasteiger partial charge is 0.416 e. The summed E-state index contributed by atoms with van der Waals surface area (Å²) in [5.41, 5.74) is 0.327. The van der Waals surface area contributed by atoms with Gasteiger partial charge in [0.15, 0.2) is 6.61 Å². The largest absolute Gasteiger partial charge is 0.497 e. The Morgan fingerprint density at radius 2 is 1.70 bits per heavy atom. The zero-order chi connectivity index (χ0) is 28.9. The summed E-state index contributed by atoms with van der Waals surface area (Å²) in [6, 6.07) is 16.2. The van der Waals surface area contributed by atoms with Crippen LogP contribution in [0.4, 0.5) is 24.5 Å². The van der Waals surface area contributed by atoms with Gasteiger partial charge in [-0.2, -0.15) is 13.2 Å². The van der Waals surface area contributed by atoms with Crippen molar-refractivity contribution in [3.63, 3.8) is 0 Å². The van der Waals surface area contributed by atoms with E-state index in [1.54, 1.807) is 43.5 Å². The summed E-state index contributed by atoms with van der Waals surface area (Å²) in [5.74, 6) is -0.619. The molecule has 0 saturated carbocycles. The Bertz CT molecular complexity index is 1380. The van der Waals surface area contributed by atoms with E-state index < -0.39 is 30.2 Å². The van der Waals surface area contributed by atoms with E-state index in [0.29, 0.717) is 23.7 Å². The lowest BCUT2D eigenvalue weighted by molar-refractivity contribution is -0.137. The van der Waals surface area contributed by atoms with Crippen molar-refractivity contribution in [1.82, 2.24) is 5.32 Å². The molecule has 0 radical (unpaired) electrons. The number of anilines is 2. The van der Waals surface area contributed by atoms with Crippen LogP contribution in [0.25, 0.3) is 0 Å². The molecule has 1 aliphatic rings. The minimum Gasteiger partial charge on any atom is -0.497 e. The fraction of sp³-hybridized carbons (Fsp3) is 0.250. The third-order valence-electron chi connectivity index (χ3n) is 6.21. The van der Waals surface area contributed by atoms with Crippen LogP contribution in [0.5, 0.6) is 11.5 Å². The van der Waals surface area contributed by atoms with Gasteiger partial charge >= 0.3 is 6.18 Å². The van der Waals surface area contributed by atoms with Crippen molar-refractivity contribution >= 4 is 40.7 Å². The van der Waals surface area contributed by atoms with Gasteiger partial charge in [0.2, 0.25) is 11.8 Å². The lowest BCUT2D eigenvalue weighted by atomic mass is 10.1. The standard InChI is InChI=1S/C28H25ClF3N3O5/c1-39-21-7-2-17(3-8-21)14-33-27(38)18-12-26(37)35(15-18)20-5-9-22(10-6-20)40-16-25(36)34-24-13-19(28(30,31)32)4-11-23(24)29/h2-11,13,18H,12,14-16H2,1H3,(H,33,38)(H,34,36)/t18-/m1/s1. The number of amides is 3. The first kappa shape index (κ1) is 28.8. The van der Waals surface area contributed by atoms with Crippen LogP contribution in [-0.2, 0) is 27.1 Å². The lowest BCUT2D eigenvalue weighted by Crippen LogP contribution is -2.32. The molecule has 1 atom stereocenters. The Morgan fingerprint density at radius 1 is 1.02 bits per heavy atom. The Morgan fingerprint density at radius 3 is 2.35 bits per heavy atom. The number of nitrogens with one attached hydrogen (secondary N) is 2. The monoisotopic (exact) mass is 575 g/mol. The van der Waals surface area contributed by atoms with Gasteiger partial charge in [0.25, 0.3) is 5.91 Å². The molecule has 0 unspecified atom stereocenters. The highest BCUT2D eigenvalue weighted by Gasteiger charge is 2.35. The lowest BCUT2D eigenvalue weighted by Gasteiger charge is -2.17. The molecule has 3 aromatic rings. The Hall–Kier alpha value is -4.25. The molecule has 0 bridgehead atoms. The molecular formula is C28H25ClF3N3O5. The second kappa shape index (κ2) is 12.3. The SMILES string of the molecule is COc1ccc(CNC(=O)[C@@H]2CC(=O)N(c3ccc(OCC(=O)Nc4cc(C(F)(F)F)ccc4Cl)cc3)C2)cc1. The van der Waals surface area contributed by atoms with Crippen LogP contribution in [0.15, 0.2) is 66.7 Å². The highest BCUT2D eigenvalue weighted by atomic mass is 35.5. The maximum absolute atomic E-state index is 12.9. The fourth-order valence-corrected chi connectivity index (χ4v) is 4.23. The zero-order valence-electron chi connectivity index (χ0n) is 21.3. The van der Waals surface area contributed by atoms with Gasteiger partial charge in [-0.3, -0.25) is 14.4 Å². The Balaban J connectivity index is 1.27. The molecule has 0 aromatic heterocycles. The van der Waals surface area contributed by atoms with Gasteiger partial charge < -0.3 is 25.0 Å². The molecule has 1 fully saturated rings. The van der Waals surface area contributed by atoms with E-state index in [1.165, 1.54) is 4.90 Å². The maximum atomic E-state index is 12.9. The second-order valence-corrected chi connectivity index (χ2v) is 9.40. The summed E-state index contributed by atoms with van der Waals surface area (Å²) >= 11 is 5.90. The number of benzene rings is 3. The van der Waals surface area contributed by atoms with Gasteiger partial charge in [0, 0.05) is 25.2 Å². The van der Waals surface area contributed by atoms with E-state index in [-0.39, 0.29) is 35.5 Å². The van der Waals surface area contributed by atoms with Crippen molar-refractivity contribution in [2.24, 2.45) is 5.92 Å². The Kier molecular flexibility index (Phi) is 8.83. The number of halogens is 4. The minimum absolute atomic E-state index is 0.0475. The van der Waals surface area contributed by atoms with Crippen LogP contribution >= 0.6 is 11.6 Å². The number of nitrogens with zero attached hydrogens (tertiary/aromatic N) is 1. The molecule has 12 heteroatoms. The summed E-state index contributed by atoms with van der Waals surface area (Å²) in [6.07, 6.45) is -4.51. The maximum Gasteiger partial charge on any atom is 0.416 e. The van der Waals surface area contributed by atoms with Crippen molar-refractivity contribution in [3.8, 4) is 11.5 Å². The van der Waals surface area contributed by atoms with Gasteiger partial charge in [-0.25, -0.2) is 0 Å². The van der Waals surface area contributed by atoms with Gasteiger partial charge in [-0.15, -0.1) is 0 Å². The van der Waals surface area contributed by atoms with Crippen molar-refractivity contribution in [3.05, 3.63) is 82.9 Å². The molecule has 1 saturated heterocycles. The third-order valence-corrected chi connectivity index (χ3v) is 6.54. The number of hydrogen-bond donors (Lipinski definition) is 2. The van der Waals surface area contributed by atoms with Gasteiger partial charge in [0.1, 0.15) is 11.5 Å². The van der Waals surface area contributed by atoms with E-state index >= 15 is 0 Å². The zero-order valence-corrected chi connectivity index (χ0v) is 22.0. The molecule has 3 aromatic carbocycles. The number of methoxy groups -OCH3 is 1. The predicted octanol–water partition coefficient (Wildman–Crippen LogP) is 5.05. The number of hydrogen-bond acceptors (Lipinski definition) is 5. The van der Waals surface area contributed by atoms with E-state index in [1.807, 2.05) is 12.1 Å². The quantitative estimate of drug-likeness (QED) is 0.372. The predicted molar refractivity (Wildman–Crippen MR) is 142 cm³/mol. The molecule has 8 nitrogen and oxygen atoms in total. The van der Waals surface area contributed by atoms with Crippen LogP contribution < -0.4 is 25.0 Å². The summed E-state index contributed by atoms with van der Waals surface area (Å²) in [5, 5.41) is 5.11. The average molecular weight is 576 g/mol. The number of ether oxygens (including phenoxy) is 2. The van der Waals surface area contributed by atoms with Crippen LogP contribution in [-0.4, -0.2) is 38.0 Å². The molecule has 40 heavy (non-hydrogen) atoms. The van der Waals surface area contributed by atoms with E-state index in [9.17, 15) is 27.6 Å². The van der Waals surface area contributed by atoms with Crippen LogP contribution in [0.2, 0.25) is 5.02 Å². The first-order valence-electron chi connectivity index (χ1n) is 12.1. The molecule has 1 heterocycles.